The summed E-state index contributed by atoms with van der Waals surface area (Å²) in [6, 6.07) is 26.5. The molecule has 0 radical (unpaired) electrons. The number of alkyl halides is 2. The molecule has 8 nitrogen and oxygen atoms in total. The third-order valence-electron chi connectivity index (χ3n) is 7.92. The third-order valence-corrected chi connectivity index (χ3v) is 9.93. The molecule has 0 saturated carbocycles. The minimum absolute atomic E-state index is 0.210. The summed E-state index contributed by atoms with van der Waals surface area (Å²) in [5.41, 5.74) is 3.67. The molecule has 12 heteroatoms. The molecule has 3 aromatic carbocycles. The number of carbonyl (C=O) groups excluding carboxylic acids is 1. The Bertz CT molecular complexity index is 2310. The van der Waals surface area contributed by atoms with E-state index in [2.05, 4.69) is 16.4 Å². The molecule has 5 aromatic rings. The van der Waals surface area contributed by atoms with Crippen molar-refractivity contribution in [2.45, 2.75) is 37.1 Å². The van der Waals surface area contributed by atoms with E-state index in [9.17, 15) is 23.6 Å². The largest absolute Gasteiger partial charge is 0.496 e. The lowest BCUT2D eigenvalue weighted by Crippen LogP contribution is -2.40. The molecule has 1 unspecified atom stereocenters. The number of para-hydroxylation sites is 1. The zero-order valence-electron chi connectivity index (χ0n) is 26.6. The molecule has 3 heterocycles. The van der Waals surface area contributed by atoms with Crippen LogP contribution in [-0.2, 0) is 10.5 Å². The standard InChI is InChI=1S/C37H29F2N5O3S2/c1-21-16-28(33(38)39)43-35(27(21)19-40)48-20-25-17-23(14-15-29(25)47-3)18-30-36(46)44-32(24-10-6-4-7-11-24)31(22(2)41-37(44)49-30)34(45)42-26-12-8-5-9-13-26/h4-18,32-33H,20H2,1-3H3,(H,42,45)/b30-18+. The van der Waals surface area contributed by atoms with Crippen molar-refractivity contribution in [2.75, 3.05) is 12.4 Å². The first-order chi connectivity index (χ1) is 23.7. The smallest absolute Gasteiger partial charge is 0.280 e. The molecule has 49 heavy (non-hydrogen) atoms. The van der Waals surface area contributed by atoms with Crippen LogP contribution < -0.4 is 24.9 Å². The SMILES string of the molecule is COc1ccc(/C=c2/sc3n(c2=O)C(c2ccccc2)C(C(=O)Nc2ccccc2)=C(C)N=3)cc1CSc1nc(C(F)F)cc(C)c1C#N. The van der Waals surface area contributed by atoms with Gasteiger partial charge < -0.3 is 10.1 Å². The topological polar surface area (TPSA) is 109 Å². The van der Waals surface area contributed by atoms with Crippen molar-refractivity contribution in [2.24, 2.45) is 4.99 Å². The number of nitrogens with zero attached hydrogens (tertiary/aromatic N) is 4. The number of allylic oxidation sites excluding steroid dienone is 1. The van der Waals surface area contributed by atoms with Crippen LogP contribution in [-0.4, -0.2) is 22.6 Å². The minimum Gasteiger partial charge on any atom is -0.496 e. The predicted molar refractivity (Wildman–Crippen MR) is 186 cm³/mol. The Morgan fingerprint density at radius 3 is 2.49 bits per heavy atom. The number of halogens is 2. The van der Waals surface area contributed by atoms with Gasteiger partial charge in [-0.05, 0) is 66.9 Å². The van der Waals surface area contributed by atoms with Crippen LogP contribution in [0.25, 0.3) is 6.08 Å². The highest BCUT2D eigenvalue weighted by molar-refractivity contribution is 7.98. The van der Waals surface area contributed by atoms with E-state index in [1.165, 1.54) is 24.5 Å². The minimum atomic E-state index is -2.77. The number of nitrogens with one attached hydrogen (secondary N) is 1. The molecule has 0 spiro atoms. The number of pyridine rings is 1. The summed E-state index contributed by atoms with van der Waals surface area (Å²) >= 11 is 2.38. The Labute approximate surface area is 288 Å². The number of aryl methyl sites for hydroxylation is 1. The van der Waals surface area contributed by atoms with Gasteiger partial charge in [0.2, 0.25) is 0 Å². The fourth-order valence-corrected chi connectivity index (χ4v) is 7.69. The van der Waals surface area contributed by atoms with Crippen molar-refractivity contribution in [3.63, 3.8) is 0 Å². The number of anilines is 1. The monoisotopic (exact) mass is 693 g/mol. The molecular formula is C37H29F2N5O3S2. The normalized spacial score (nSPS) is 14.3. The highest BCUT2D eigenvalue weighted by Crippen LogP contribution is 2.33. The molecule has 0 saturated heterocycles. The number of carbonyl (C=O) groups is 1. The van der Waals surface area contributed by atoms with Gasteiger partial charge in [0.05, 0.1) is 34.5 Å². The summed E-state index contributed by atoms with van der Waals surface area (Å²) in [5, 5.41) is 12.8. The summed E-state index contributed by atoms with van der Waals surface area (Å²) in [6.45, 7) is 3.38. The first-order valence-corrected chi connectivity index (χ1v) is 16.9. The lowest BCUT2D eigenvalue weighted by molar-refractivity contribution is -0.113. The van der Waals surface area contributed by atoms with Crippen molar-refractivity contribution in [3.8, 4) is 11.8 Å². The van der Waals surface area contributed by atoms with E-state index in [0.29, 0.717) is 43.2 Å². The van der Waals surface area contributed by atoms with Gasteiger partial charge in [0.25, 0.3) is 17.9 Å². The molecule has 0 bridgehead atoms. The average molecular weight is 694 g/mol. The van der Waals surface area contributed by atoms with Crippen molar-refractivity contribution in [3.05, 3.63) is 149 Å². The number of nitriles is 1. The highest BCUT2D eigenvalue weighted by atomic mass is 32.2. The Morgan fingerprint density at radius 1 is 1.10 bits per heavy atom. The number of aromatic nitrogens is 2. The van der Waals surface area contributed by atoms with Crippen LogP contribution in [0.3, 0.4) is 0 Å². The van der Waals surface area contributed by atoms with Crippen molar-refractivity contribution in [1.82, 2.24) is 9.55 Å². The van der Waals surface area contributed by atoms with Crippen molar-refractivity contribution < 1.29 is 18.3 Å². The van der Waals surface area contributed by atoms with E-state index in [0.717, 1.165) is 22.9 Å². The molecule has 0 fully saturated rings. The van der Waals surface area contributed by atoms with E-state index in [-0.39, 0.29) is 33.5 Å². The molecule has 0 aliphatic carbocycles. The van der Waals surface area contributed by atoms with Crippen LogP contribution >= 0.6 is 23.1 Å². The Balaban J connectivity index is 1.38. The second-order valence-corrected chi connectivity index (χ2v) is 13.1. The predicted octanol–water partition coefficient (Wildman–Crippen LogP) is 6.69. The summed E-state index contributed by atoms with van der Waals surface area (Å²) in [5.74, 6) is 0.476. The number of ether oxygens (including phenoxy) is 1. The second-order valence-electron chi connectivity index (χ2n) is 11.1. The maximum Gasteiger partial charge on any atom is 0.280 e. The number of amides is 1. The molecule has 1 amide bonds. The fourth-order valence-electron chi connectivity index (χ4n) is 5.60. The zero-order valence-corrected chi connectivity index (χ0v) is 28.2. The van der Waals surface area contributed by atoms with E-state index in [1.807, 2.05) is 60.7 Å². The lowest BCUT2D eigenvalue weighted by Gasteiger charge is -2.25. The highest BCUT2D eigenvalue weighted by Gasteiger charge is 2.32. The number of thioether (sulfide) groups is 1. The van der Waals surface area contributed by atoms with E-state index < -0.39 is 12.5 Å². The third kappa shape index (κ3) is 6.95. The van der Waals surface area contributed by atoms with Gasteiger partial charge in [-0.25, -0.2) is 18.8 Å². The maximum absolute atomic E-state index is 14.1. The number of thiazole rings is 1. The zero-order chi connectivity index (χ0) is 34.7. The number of fused-ring (bicyclic) bond motifs is 1. The van der Waals surface area contributed by atoms with Crippen LogP contribution in [0.15, 0.2) is 111 Å². The van der Waals surface area contributed by atoms with Crippen LogP contribution in [0.2, 0.25) is 0 Å². The Hall–Kier alpha value is -5.38. The number of methoxy groups -OCH3 is 1. The van der Waals surface area contributed by atoms with Gasteiger partial charge in [-0.15, -0.1) is 11.8 Å². The maximum atomic E-state index is 14.1. The number of hydrogen-bond acceptors (Lipinski definition) is 8. The van der Waals surface area contributed by atoms with Crippen molar-refractivity contribution in [1.29, 1.82) is 5.26 Å². The molecular weight excluding hydrogens is 665 g/mol. The molecule has 1 atom stereocenters. The van der Waals surface area contributed by atoms with Gasteiger partial charge in [0, 0.05) is 17.0 Å². The van der Waals surface area contributed by atoms with Crippen molar-refractivity contribution >= 4 is 40.8 Å². The summed E-state index contributed by atoms with van der Waals surface area (Å²) in [6.07, 6.45) is -1.01. The number of benzene rings is 3. The average Bonchev–Trinajstić information content (AvgIpc) is 3.40. The Kier molecular flexibility index (Phi) is 9.85. The van der Waals surface area contributed by atoms with Gasteiger partial charge in [0.15, 0.2) is 4.80 Å². The van der Waals surface area contributed by atoms with Gasteiger partial charge in [-0.2, -0.15) is 5.26 Å². The molecule has 6 rings (SSSR count). The molecule has 1 N–H and O–H groups in total. The van der Waals surface area contributed by atoms with Gasteiger partial charge in [-0.1, -0.05) is 65.9 Å². The van der Waals surface area contributed by atoms with Crippen LogP contribution in [0, 0.1) is 18.3 Å². The van der Waals surface area contributed by atoms with Crippen LogP contribution in [0.5, 0.6) is 5.75 Å². The first kappa shape index (κ1) is 33.5. The van der Waals surface area contributed by atoms with E-state index >= 15 is 0 Å². The van der Waals surface area contributed by atoms with Crippen LogP contribution in [0.1, 0.15) is 52.9 Å². The van der Waals surface area contributed by atoms with Crippen LogP contribution in [0.4, 0.5) is 14.5 Å². The summed E-state index contributed by atoms with van der Waals surface area (Å²) < 4.78 is 34.5. The first-order valence-electron chi connectivity index (χ1n) is 15.1. The van der Waals surface area contributed by atoms with Gasteiger partial charge in [-0.3, -0.25) is 14.2 Å². The molecule has 1 aliphatic heterocycles. The van der Waals surface area contributed by atoms with E-state index in [1.54, 1.807) is 42.7 Å². The second kappa shape index (κ2) is 14.4. The molecule has 1 aliphatic rings. The van der Waals surface area contributed by atoms with Gasteiger partial charge >= 0.3 is 0 Å². The van der Waals surface area contributed by atoms with E-state index in [4.69, 9.17) is 9.73 Å². The molecule has 246 valence electrons. The number of hydrogen-bond donors (Lipinski definition) is 1. The Morgan fingerprint density at radius 2 is 1.82 bits per heavy atom. The fraction of sp³-hybridized carbons (Fsp3) is 0.162. The van der Waals surface area contributed by atoms with Gasteiger partial charge in [0.1, 0.15) is 22.5 Å². The molecule has 2 aromatic heterocycles. The summed E-state index contributed by atoms with van der Waals surface area (Å²) in [7, 11) is 1.53. The lowest BCUT2D eigenvalue weighted by atomic mass is 9.95. The quantitative estimate of drug-likeness (QED) is 0.173. The number of rotatable bonds is 9. The summed E-state index contributed by atoms with van der Waals surface area (Å²) in [4.78, 5) is 37.1.